The van der Waals surface area contributed by atoms with Crippen molar-refractivity contribution in [1.29, 1.82) is 0 Å². The van der Waals surface area contributed by atoms with Gasteiger partial charge in [-0.05, 0) is 19.9 Å². The number of nitrogens with zero attached hydrogens (tertiary/aromatic N) is 1. The predicted molar refractivity (Wildman–Crippen MR) is 65.0 cm³/mol. The van der Waals surface area contributed by atoms with E-state index in [9.17, 15) is 19.7 Å². The first kappa shape index (κ1) is 13.6. The Hall–Kier alpha value is -2.44. The normalized spacial score (nSPS) is 9.94. The number of anilines is 1. The summed E-state index contributed by atoms with van der Waals surface area (Å²) >= 11 is 0. The number of hydrogen-bond acceptors (Lipinski definition) is 4. The number of carbonyl (C=O) groups is 2. The van der Waals surface area contributed by atoms with Crippen molar-refractivity contribution in [2.75, 3.05) is 5.32 Å². The fourth-order valence-electron chi connectivity index (χ4n) is 1.25. The molecule has 0 aliphatic rings. The first-order valence-electron chi connectivity index (χ1n) is 5.27. The molecule has 1 rings (SSSR count). The lowest BCUT2D eigenvalue weighted by molar-refractivity contribution is -0.383. The summed E-state index contributed by atoms with van der Waals surface area (Å²) in [6.45, 7) is 3.41. The SMILES string of the molecule is CC(C)NC(=O)C(=O)Nc1ccccc1[N+](=O)[O-]. The van der Waals surface area contributed by atoms with Crippen LogP contribution in [0.5, 0.6) is 0 Å². The molecule has 0 radical (unpaired) electrons. The summed E-state index contributed by atoms with van der Waals surface area (Å²) < 4.78 is 0. The minimum atomic E-state index is -0.932. The van der Waals surface area contributed by atoms with E-state index >= 15 is 0 Å². The molecule has 0 fully saturated rings. The second-order valence-electron chi connectivity index (χ2n) is 3.86. The van der Waals surface area contributed by atoms with Gasteiger partial charge in [0.2, 0.25) is 0 Å². The van der Waals surface area contributed by atoms with Crippen LogP contribution in [0.3, 0.4) is 0 Å². The highest BCUT2D eigenvalue weighted by Crippen LogP contribution is 2.22. The van der Waals surface area contributed by atoms with Crippen molar-refractivity contribution < 1.29 is 14.5 Å². The van der Waals surface area contributed by atoms with Crippen LogP contribution in [0.15, 0.2) is 24.3 Å². The summed E-state index contributed by atoms with van der Waals surface area (Å²) in [4.78, 5) is 32.9. The van der Waals surface area contributed by atoms with E-state index in [1.54, 1.807) is 13.8 Å². The zero-order valence-corrected chi connectivity index (χ0v) is 9.97. The first-order chi connectivity index (χ1) is 8.41. The Labute approximate surface area is 103 Å². The van der Waals surface area contributed by atoms with E-state index in [4.69, 9.17) is 0 Å². The zero-order chi connectivity index (χ0) is 13.7. The smallest absolute Gasteiger partial charge is 0.313 e. The maximum atomic E-state index is 11.5. The summed E-state index contributed by atoms with van der Waals surface area (Å²) in [6, 6.07) is 5.42. The number of para-hydroxylation sites is 2. The van der Waals surface area contributed by atoms with E-state index in [0.717, 1.165) is 0 Å². The summed E-state index contributed by atoms with van der Waals surface area (Å²) in [5, 5.41) is 15.3. The number of hydrogen-bond donors (Lipinski definition) is 2. The minimum Gasteiger partial charge on any atom is -0.346 e. The molecule has 7 heteroatoms. The highest BCUT2D eigenvalue weighted by molar-refractivity contribution is 6.39. The number of rotatable bonds is 3. The fourth-order valence-corrected chi connectivity index (χ4v) is 1.25. The lowest BCUT2D eigenvalue weighted by Gasteiger charge is -2.08. The quantitative estimate of drug-likeness (QED) is 0.476. The highest BCUT2D eigenvalue weighted by Gasteiger charge is 2.19. The van der Waals surface area contributed by atoms with E-state index in [-0.39, 0.29) is 17.4 Å². The van der Waals surface area contributed by atoms with Crippen LogP contribution in [-0.4, -0.2) is 22.8 Å². The molecule has 7 nitrogen and oxygen atoms in total. The third-order valence-electron chi connectivity index (χ3n) is 1.97. The van der Waals surface area contributed by atoms with Gasteiger partial charge in [0.05, 0.1) is 4.92 Å². The van der Waals surface area contributed by atoms with E-state index in [1.807, 2.05) is 0 Å². The van der Waals surface area contributed by atoms with Crippen molar-refractivity contribution in [3.63, 3.8) is 0 Å². The van der Waals surface area contributed by atoms with Crippen LogP contribution < -0.4 is 10.6 Å². The maximum Gasteiger partial charge on any atom is 0.313 e. The highest BCUT2D eigenvalue weighted by atomic mass is 16.6. The molecule has 0 spiro atoms. The fraction of sp³-hybridized carbons (Fsp3) is 0.273. The van der Waals surface area contributed by atoms with Crippen LogP contribution in [0.2, 0.25) is 0 Å². The second-order valence-corrected chi connectivity index (χ2v) is 3.86. The molecule has 0 unspecified atom stereocenters. The van der Waals surface area contributed by atoms with Crippen molar-refractivity contribution in [3.8, 4) is 0 Å². The molecule has 0 atom stereocenters. The summed E-state index contributed by atoms with van der Waals surface area (Å²) in [7, 11) is 0. The minimum absolute atomic E-state index is 0.00796. The Bertz CT molecular complexity index is 485. The summed E-state index contributed by atoms with van der Waals surface area (Å²) in [5.41, 5.74) is -0.269. The third kappa shape index (κ3) is 3.55. The molecule has 2 N–H and O–H groups in total. The monoisotopic (exact) mass is 251 g/mol. The van der Waals surface area contributed by atoms with Gasteiger partial charge in [0.1, 0.15) is 5.69 Å². The van der Waals surface area contributed by atoms with Crippen LogP contribution in [0.4, 0.5) is 11.4 Å². The lowest BCUT2D eigenvalue weighted by Crippen LogP contribution is -2.39. The molecule has 1 aromatic carbocycles. The van der Waals surface area contributed by atoms with Gasteiger partial charge < -0.3 is 10.6 Å². The van der Waals surface area contributed by atoms with E-state index in [2.05, 4.69) is 10.6 Å². The second kappa shape index (κ2) is 5.76. The number of amides is 2. The third-order valence-corrected chi connectivity index (χ3v) is 1.97. The molecule has 96 valence electrons. The number of nitro benzene ring substituents is 1. The largest absolute Gasteiger partial charge is 0.346 e. The van der Waals surface area contributed by atoms with Crippen LogP contribution in [-0.2, 0) is 9.59 Å². The zero-order valence-electron chi connectivity index (χ0n) is 9.97. The van der Waals surface area contributed by atoms with Crippen molar-refractivity contribution in [3.05, 3.63) is 34.4 Å². The van der Waals surface area contributed by atoms with E-state index < -0.39 is 16.7 Å². The van der Waals surface area contributed by atoms with Crippen molar-refractivity contribution in [1.82, 2.24) is 5.32 Å². The Kier molecular flexibility index (Phi) is 4.36. The Balaban J connectivity index is 2.82. The Morgan fingerprint density at radius 2 is 1.83 bits per heavy atom. The van der Waals surface area contributed by atoms with Gasteiger partial charge in [-0.3, -0.25) is 19.7 Å². The number of carbonyl (C=O) groups excluding carboxylic acids is 2. The predicted octanol–water partition coefficient (Wildman–Crippen LogP) is 1.06. The molecule has 0 bridgehead atoms. The van der Waals surface area contributed by atoms with Crippen LogP contribution in [0.1, 0.15) is 13.8 Å². The van der Waals surface area contributed by atoms with Gasteiger partial charge >= 0.3 is 11.8 Å². The van der Waals surface area contributed by atoms with Gasteiger partial charge in [-0.2, -0.15) is 0 Å². The van der Waals surface area contributed by atoms with Crippen molar-refractivity contribution in [2.24, 2.45) is 0 Å². The van der Waals surface area contributed by atoms with Crippen LogP contribution in [0, 0.1) is 10.1 Å². The van der Waals surface area contributed by atoms with E-state index in [1.165, 1.54) is 24.3 Å². The number of nitrogens with one attached hydrogen (secondary N) is 2. The molecule has 0 saturated carbocycles. The molecule has 0 aliphatic carbocycles. The van der Waals surface area contributed by atoms with Crippen LogP contribution >= 0.6 is 0 Å². The molecule has 1 aromatic rings. The summed E-state index contributed by atoms with van der Waals surface area (Å²) in [5.74, 6) is -1.76. The van der Waals surface area contributed by atoms with Gasteiger partial charge in [-0.1, -0.05) is 12.1 Å². The van der Waals surface area contributed by atoms with Gasteiger partial charge in [-0.25, -0.2) is 0 Å². The molecule has 0 aliphatic heterocycles. The maximum absolute atomic E-state index is 11.5. The Morgan fingerprint density at radius 3 is 2.39 bits per heavy atom. The molecular weight excluding hydrogens is 238 g/mol. The topological polar surface area (TPSA) is 101 Å². The van der Waals surface area contributed by atoms with Crippen molar-refractivity contribution >= 4 is 23.2 Å². The number of benzene rings is 1. The van der Waals surface area contributed by atoms with Crippen molar-refractivity contribution in [2.45, 2.75) is 19.9 Å². The average Bonchev–Trinajstić information content (AvgIpc) is 2.28. The Morgan fingerprint density at radius 1 is 1.22 bits per heavy atom. The first-order valence-corrected chi connectivity index (χ1v) is 5.27. The number of nitro groups is 1. The van der Waals surface area contributed by atoms with Gasteiger partial charge in [0.25, 0.3) is 5.69 Å². The standard InChI is InChI=1S/C11H13N3O4/c1-7(2)12-10(15)11(16)13-8-5-3-4-6-9(8)14(17)18/h3-7H,1-2H3,(H,12,15)(H,13,16). The van der Waals surface area contributed by atoms with Crippen LogP contribution in [0.25, 0.3) is 0 Å². The molecule has 0 heterocycles. The molecular formula is C11H13N3O4. The van der Waals surface area contributed by atoms with Gasteiger partial charge in [-0.15, -0.1) is 0 Å². The van der Waals surface area contributed by atoms with E-state index in [0.29, 0.717) is 0 Å². The summed E-state index contributed by atoms with van der Waals surface area (Å²) in [6.07, 6.45) is 0. The molecule has 0 aromatic heterocycles. The lowest BCUT2D eigenvalue weighted by atomic mass is 10.2. The molecule has 0 saturated heterocycles. The van der Waals surface area contributed by atoms with Gasteiger partial charge in [0, 0.05) is 12.1 Å². The molecule has 18 heavy (non-hydrogen) atoms. The molecule has 2 amide bonds. The average molecular weight is 251 g/mol. The van der Waals surface area contributed by atoms with Gasteiger partial charge in [0.15, 0.2) is 0 Å².